The summed E-state index contributed by atoms with van der Waals surface area (Å²) in [7, 11) is 2.17. The molecule has 0 atom stereocenters. The Bertz CT molecular complexity index is 208. The zero-order chi connectivity index (χ0) is 9.97. The Labute approximate surface area is 85.9 Å². The lowest BCUT2D eigenvalue weighted by atomic mass is 10.1. The van der Waals surface area contributed by atoms with Gasteiger partial charge in [-0.25, -0.2) is 5.01 Å². The van der Waals surface area contributed by atoms with Crippen molar-refractivity contribution in [1.82, 2.24) is 14.9 Å². The molecule has 2 fully saturated rings. The standard InChI is InChI=1S/C10H20N4/c1-12-6-8-13(9-7-12)14-5-3-2-4-10(14)11/h11H,2-9H2,1H3. The molecule has 2 heterocycles. The molecular formula is C10H20N4. The molecule has 0 aromatic carbocycles. The molecule has 0 unspecified atom stereocenters. The Hall–Kier alpha value is -0.610. The summed E-state index contributed by atoms with van der Waals surface area (Å²) in [5.74, 6) is 0.820. The molecule has 0 radical (unpaired) electrons. The summed E-state index contributed by atoms with van der Waals surface area (Å²) in [5.41, 5.74) is 0. The third-order valence-electron chi connectivity index (χ3n) is 3.17. The number of likely N-dealkylation sites (N-methyl/N-ethyl adjacent to an activating group) is 1. The average Bonchev–Trinajstić information content (AvgIpc) is 2.20. The number of hydrazine groups is 1. The maximum atomic E-state index is 7.90. The average molecular weight is 196 g/mol. The Balaban J connectivity index is 1.90. The Morgan fingerprint density at radius 2 is 1.71 bits per heavy atom. The summed E-state index contributed by atoms with van der Waals surface area (Å²) in [6, 6.07) is 0. The molecule has 4 heteroatoms. The van der Waals surface area contributed by atoms with E-state index in [2.05, 4.69) is 22.0 Å². The van der Waals surface area contributed by atoms with Gasteiger partial charge in [-0.2, -0.15) is 0 Å². The van der Waals surface area contributed by atoms with Crippen LogP contribution in [-0.4, -0.2) is 60.5 Å². The van der Waals surface area contributed by atoms with Crippen molar-refractivity contribution in [3.63, 3.8) is 0 Å². The van der Waals surface area contributed by atoms with Crippen LogP contribution in [0.15, 0.2) is 0 Å². The monoisotopic (exact) mass is 196 g/mol. The second kappa shape index (κ2) is 4.28. The second-order valence-corrected chi connectivity index (χ2v) is 4.28. The van der Waals surface area contributed by atoms with E-state index < -0.39 is 0 Å². The molecule has 14 heavy (non-hydrogen) atoms. The Morgan fingerprint density at radius 3 is 2.36 bits per heavy atom. The smallest absolute Gasteiger partial charge is 0.110 e. The third-order valence-corrected chi connectivity index (χ3v) is 3.17. The molecule has 0 spiro atoms. The number of rotatable bonds is 1. The minimum Gasteiger partial charge on any atom is -0.304 e. The van der Waals surface area contributed by atoms with E-state index in [0.29, 0.717) is 0 Å². The van der Waals surface area contributed by atoms with E-state index in [9.17, 15) is 0 Å². The van der Waals surface area contributed by atoms with E-state index >= 15 is 0 Å². The zero-order valence-electron chi connectivity index (χ0n) is 9.00. The highest BCUT2D eigenvalue weighted by Crippen LogP contribution is 2.14. The zero-order valence-corrected chi connectivity index (χ0v) is 9.00. The van der Waals surface area contributed by atoms with Crippen LogP contribution in [0.25, 0.3) is 0 Å². The fourth-order valence-electron chi connectivity index (χ4n) is 2.17. The van der Waals surface area contributed by atoms with Gasteiger partial charge in [0.1, 0.15) is 5.84 Å². The maximum absolute atomic E-state index is 7.90. The lowest BCUT2D eigenvalue weighted by Gasteiger charge is -2.43. The minimum atomic E-state index is 0.820. The van der Waals surface area contributed by atoms with Gasteiger partial charge in [0.2, 0.25) is 0 Å². The van der Waals surface area contributed by atoms with Crippen LogP contribution in [0.5, 0.6) is 0 Å². The highest BCUT2D eigenvalue weighted by Gasteiger charge is 2.24. The van der Waals surface area contributed by atoms with Crippen molar-refractivity contribution in [2.45, 2.75) is 19.3 Å². The van der Waals surface area contributed by atoms with Crippen LogP contribution >= 0.6 is 0 Å². The first kappa shape index (κ1) is 9.93. The second-order valence-electron chi connectivity index (χ2n) is 4.28. The van der Waals surface area contributed by atoms with Crippen molar-refractivity contribution in [2.75, 3.05) is 39.8 Å². The first-order chi connectivity index (χ1) is 6.77. The number of piperidine rings is 1. The van der Waals surface area contributed by atoms with Gasteiger partial charge < -0.3 is 4.90 Å². The predicted molar refractivity (Wildman–Crippen MR) is 57.4 cm³/mol. The van der Waals surface area contributed by atoms with E-state index in [1.54, 1.807) is 0 Å². The highest BCUT2D eigenvalue weighted by molar-refractivity contribution is 5.79. The number of piperazine rings is 1. The van der Waals surface area contributed by atoms with Crippen LogP contribution in [0.1, 0.15) is 19.3 Å². The van der Waals surface area contributed by atoms with Gasteiger partial charge in [0.25, 0.3) is 0 Å². The molecule has 1 N–H and O–H groups in total. The molecule has 0 aliphatic carbocycles. The van der Waals surface area contributed by atoms with Crippen LogP contribution < -0.4 is 0 Å². The molecule has 2 saturated heterocycles. The molecule has 0 amide bonds. The van der Waals surface area contributed by atoms with Gasteiger partial charge in [0.05, 0.1) is 0 Å². The van der Waals surface area contributed by atoms with Crippen LogP contribution in [0.3, 0.4) is 0 Å². The van der Waals surface area contributed by atoms with E-state index in [-0.39, 0.29) is 0 Å². The molecule has 2 aliphatic rings. The lowest BCUT2D eigenvalue weighted by Crippen LogP contribution is -2.55. The molecular weight excluding hydrogens is 176 g/mol. The number of amidine groups is 1. The fourth-order valence-corrected chi connectivity index (χ4v) is 2.17. The number of hydrogen-bond donors (Lipinski definition) is 1. The van der Waals surface area contributed by atoms with Gasteiger partial charge in [-0.1, -0.05) is 0 Å². The summed E-state index contributed by atoms with van der Waals surface area (Å²) in [4.78, 5) is 2.35. The summed E-state index contributed by atoms with van der Waals surface area (Å²) in [6.07, 6.45) is 3.41. The summed E-state index contributed by atoms with van der Waals surface area (Å²) < 4.78 is 0. The van der Waals surface area contributed by atoms with E-state index in [0.717, 1.165) is 45.0 Å². The van der Waals surface area contributed by atoms with Crippen LogP contribution in [0, 0.1) is 5.41 Å². The Morgan fingerprint density at radius 1 is 1.00 bits per heavy atom. The van der Waals surface area contributed by atoms with Crippen molar-refractivity contribution >= 4 is 5.84 Å². The van der Waals surface area contributed by atoms with Gasteiger partial charge in [-0.3, -0.25) is 10.4 Å². The van der Waals surface area contributed by atoms with E-state index in [1.165, 1.54) is 12.8 Å². The summed E-state index contributed by atoms with van der Waals surface area (Å²) in [6.45, 7) is 5.48. The van der Waals surface area contributed by atoms with Crippen molar-refractivity contribution in [3.8, 4) is 0 Å². The van der Waals surface area contributed by atoms with Gasteiger partial charge >= 0.3 is 0 Å². The SMILES string of the molecule is CN1CCN(N2CCCCC2=N)CC1. The maximum Gasteiger partial charge on any atom is 0.110 e. The highest BCUT2D eigenvalue weighted by atomic mass is 15.6. The third kappa shape index (κ3) is 2.07. The predicted octanol–water partition coefficient (Wildman–Crippen LogP) is 0.612. The fraction of sp³-hybridized carbons (Fsp3) is 0.900. The lowest BCUT2D eigenvalue weighted by molar-refractivity contribution is -0.00537. The van der Waals surface area contributed by atoms with Crippen molar-refractivity contribution in [2.24, 2.45) is 0 Å². The molecule has 0 aromatic heterocycles. The molecule has 0 bridgehead atoms. The van der Waals surface area contributed by atoms with Crippen molar-refractivity contribution in [1.29, 1.82) is 5.41 Å². The number of nitrogens with zero attached hydrogens (tertiary/aromatic N) is 3. The summed E-state index contributed by atoms with van der Waals surface area (Å²) >= 11 is 0. The molecule has 80 valence electrons. The first-order valence-electron chi connectivity index (χ1n) is 5.56. The van der Waals surface area contributed by atoms with Crippen LogP contribution in [0.4, 0.5) is 0 Å². The van der Waals surface area contributed by atoms with Crippen molar-refractivity contribution in [3.05, 3.63) is 0 Å². The van der Waals surface area contributed by atoms with Crippen molar-refractivity contribution < 1.29 is 0 Å². The van der Waals surface area contributed by atoms with Gasteiger partial charge in [-0.05, 0) is 19.9 Å². The van der Waals surface area contributed by atoms with Crippen LogP contribution in [0.2, 0.25) is 0 Å². The largest absolute Gasteiger partial charge is 0.304 e. The van der Waals surface area contributed by atoms with Gasteiger partial charge in [0, 0.05) is 39.1 Å². The topological polar surface area (TPSA) is 33.6 Å². The quantitative estimate of drug-likeness (QED) is 0.667. The molecule has 0 saturated carbocycles. The number of nitrogens with one attached hydrogen (secondary N) is 1. The summed E-state index contributed by atoms with van der Waals surface area (Å²) in [5, 5.41) is 12.4. The van der Waals surface area contributed by atoms with Gasteiger partial charge in [0.15, 0.2) is 0 Å². The van der Waals surface area contributed by atoms with Gasteiger partial charge in [-0.15, -0.1) is 0 Å². The molecule has 2 rings (SSSR count). The van der Waals surface area contributed by atoms with E-state index in [4.69, 9.17) is 5.41 Å². The Kier molecular flexibility index (Phi) is 3.03. The minimum absolute atomic E-state index is 0.820. The van der Waals surface area contributed by atoms with E-state index in [1.807, 2.05) is 0 Å². The molecule has 4 nitrogen and oxygen atoms in total. The normalized spacial score (nSPS) is 26.9. The first-order valence-corrected chi connectivity index (χ1v) is 5.56. The molecule has 0 aromatic rings. The number of hydrogen-bond acceptors (Lipinski definition) is 3. The molecule has 2 aliphatic heterocycles. The van der Waals surface area contributed by atoms with Crippen LogP contribution in [-0.2, 0) is 0 Å².